The monoisotopic (exact) mass is 817 g/mol. The van der Waals surface area contributed by atoms with Crippen molar-refractivity contribution in [3.63, 3.8) is 0 Å². The van der Waals surface area contributed by atoms with Crippen molar-refractivity contribution < 1.29 is 32.8 Å². The third-order valence-corrected chi connectivity index (χ3v) is 12.2. The van der Waals surface area contributed by atoms with Crippen LogP contribution in [-0.2, 0) is 18.3 Å². The van der Waals surface area contributed by atoms with Crippen LogP contribution in [0.3, 0.4) is 0 Å². The number of aliphatic hydroxyl groups excluding tert-OH is 1. The fourth-order valence-corrected chi connectivity index (χ4v) is 8.01. The van der Waals surface area contributed by atoms with Gasteiger partial charge in [0, 0.05) is 6.61 Å². The minimum Gasteiger partial charge on any atom is -0.386 e. The molecule has 0 aromatic carbocycles. The van der Waals surface area contributed by atoms with Crippen LogP contribution in [0, 0.1) is 0 Å². The molecule has 1 unspecified atom stereocenters. The predicted octanol–water partition coefficient (Wildman–Crippen LogP) is 14.8. The Hall–Kier alpha value is -0.270. The summed E-state index contributed by atoms with van der Waals surface area (Å²) in [7, 11) is 1.75. The van der Waals surface area contributed by atoms with Crippen LogP contribution < -0.4 is 0 Å². The zero-order valence-corrected chi connectivity index (χ0v) is 39.2. The molecule has 0 aliphatic carbocycles. The fraction of sp³-hybridized carbons (Fsp3) is 0.958. The van der Waals surface area contributed by atoms with Crippen molar-refractivity contribution in [2.45, 2.75) is 251 Å². The zero-order chi connectivity index (χ0) is 41.3. The Bertz CT molecular complexity index is 865. The van der Waals surface area contributed by atoms with Crippen LogP contribution in [0.2, 0.25) is 0 Å². The molecule has 0 saturated carbocycles. The van der Waals surface area contributed by atoms with Gasteiger partial charge in [-0.25, -0.2) is 4.57 Å². The first-order valence-corrected chi connectivity index (χ1v) is 26.0. The lowest BCUT2D eigenvalue weighted by Crippen LogP contribution is -2.37. The summed E-state index contributed by atoms with van der Waals surface area (Å²) in [5, 5.41) is 10.9. The number of ether oxygens (including phenoxy) is 1. The van der Waals surface area contributed by atoms with E-state index < -0.39 is 20.0 Å². The minimum atomic E-state index is -4.24. The maximum absolute atomic E-state index is 12.5. The highest BCUT2D eigenvalue weighted by molar-refractivity contribution is 7.47. The van der Waals surface area contributed by atoms with E-state index in [4.69, 9.17) is 13.8 Å². The quantitative estimate of drug-likeness (QED) is 0.0275. The Morgan fingerprint density at radius 1 is 0.500 bits per heavy atom. The molecule has 0 radical (unpaired) electrons. The number of phosphoric acid groups is 1. The van der Waals surface area contributed by atoms with Crippen molar-refractivity contribution in [3.8, 4) is 0 Å². The Kier molecular flexibility index (Phi) is 41.3. The van der Waals surface area contributed by atoms with Crippen LogP contribution in [0.1, 0.15) is 239 Å². The van der Waals surface area contributed by atoms with Crippen molar-refractivity contribution in [1.82, 2.24) is 0 Å². The molecule has 0 aliphatic rings. The van der Waals surface area contributed by atoms with Gasteiger partial charge < -0.3 is 19.2 Å². The number of aliphatic hydroxyl groups is 1. The SMILES string of the molecule is CCCCCCCCCCCCC/C=C/[C@@H](O)[C@H](COP(=O)(O)OCC[N+](C)(C)C)OCCCCCCCCCCCCCCCCCCCCCCCCC. The normalized spacial score (nSPS) is 14.5. The third kappa shape index (κ3) is 43.3. The van der Waals surface area contributed by atoms with Gasteiger partial charge in [-0.3, -0.25) is 9.05 Å². The molecule has 0 aliphatic heterocycles. The van der Waals surface area contributed by atoms with Crippen LogP contribution >= 0.6 is 7.82 Å². The Labute approximate surface area is 350 Å². The van der Waals surface area contributed by atoms with E-state index in [2.05, 4.69) is 13.8 Å². The standard InChI is InChI=1S/C48H98NO6P/c1-6-8-10-12-14-16-18-20-21-22-23-24-25-26-27-28-29-31-33-35-37-39-41-44-53-48(46-55-56(51,52)54-45-43-49(3,4)5)47(50)42-40-38-36-34-32-30-19-17-15-13-11-9-7-2/h40,42,47-48,50H,6-39,41,43-46H2,1-5H3/p+1/b42-40+/t47-,48+/m1/s1. The van der Waals surface area contributed by atoms with Crippen LogP contribution in [0.15, 0.2) is 12.2 Å². The van der Waals surface area contributed by atoms with Crippen LogP contribution in [-0.4, -0.2) is 74.2 Å². The summed E-state index contributed by atoms with van der Waals surface area (Å²) in [6, 6.07) is 0. The molecular formula is C48H99NO6P+. The van der Waals surface area contributed by atoms with Crippen LogP contribution in [0.4, 0.5) is 0 Å². The summed E-state index contributed by atoms with van der Waals surface area (Å²) in [5.41, 5.74) is 0. The van der Waals surface area contributed by atoms with E-state index in [-0.39, 0.29) is 13.2 Å². The van der Waals surface area contributed by atoms with E-state index in [0.29, 0.717) is 17.6 Å². The maximum Gasteiger partial charge on any atom is 0.472 e. The van der Waals surface area contributed by atoms with Crippen molar-refractivity contribution in [3.05, 3.63) is 12.2 Å². The smallest absolute Gasteiger partial charge is 0.386 e. The van der Waals surface area contributed by atoms with Gasteiger partial charge in [0.05, 0.1) is 27.7 Å². The minimum absolute atomic E-state index is 0.115. The topological polar surface area (TPSA) is 85.2 Å². The molecule has 0 spiro atoms. The Morgan fingerprint density at radius 3 is 1.20 bits per heavy atom. The van der Waals surface area contributed by atoms with E-state index in [1.54, 1.807) is 6.08 Å². The number of nitrogens with zero attached hydrogens (tertiary/aromatic N) is 1. The molecule has 7 nitrogen and oxygen atoms in total. The zero-order valence-electron chi connectivity index (χ0n) is 38.3. The van der Waals surface area contributed by atoms with E-state index in [1.165, 1.54) is 199 Å². The second-order valence-electron chi connectivity index (χ2n) is 18.0. The highest BCUT2D eigenvalue weighted by Gasteiger charge is 2.27. The van der Waals surface area contributed by atoms with E-state index in [0.717, 1.165) is 25.7 Å². The average Bonchev–Trinajstić information content (AvgIpc) is 3.15. The highest BCUT2D eigenvalue weighted by atomic mass is 31.2. The molecule has 0 saturated heterocycles. The summed E-state index contributed by atoms with van der Waals surface area (Å²) in [6.45, 7) is 5.56. The second kappa shape index (κ2) is 41.5. The largest absolute Gasteiger partial charge is 0.472 e. The summed E-state index contributed by atoms with van der Waals surface area (Å²) < 4.78 is 29.7. The molecule has 0 rings (SSSR count). The molecule has 0 fully saturated rings. The Balaban J connectivity index is 4.10. The second-order valence-corrected chi connectivity index (χ2v) is 19.5. The van der Waals surface area contributed by atoms with Gasteiger partial charge in [0.25, 0.3) is 0 Å². The lowest BCUT2D eigenvalue weighted by molar-refractivity contribution is -0.870. The van der Waals surface area contributed by atoms with Gasteiger partial charge in [-0.2, -0.15) is 0 Å². The number of rotatable bonds is 46. The number of phosphoric ester groups is 1. The molecule has 0 aromatic rings. The molecular weight excluding hydrogens is 718 g/mol. The fourth-order valence-electron chi connectivity index (χ4n) is 7.29. The number of likely N-dealkylation sites (N-methyl/N-ethyl adjacent to an activating group) is 1. The summed E-state index contributed by atoms with van der Waals surface area (Å²) in [6.07, 6.45) is 48.7. The summed E-state index contributed by atoms with van der Waals surface area (Å²) in [5.74, 6) is 0. The summed E-state index contributed by atoms with van der Waals surface area (Å²) >= 11 is 0. The lowest BCUT2D eigenvalue weighted by Gasteiger charge is -2.25. The molecule has 56 heavy (non-hydrogen) atoms. The van der Waals surface area contributed by atoms with Gasteiger partial charge in [0.1, 0.15) is 25.4 Å². The van der Waals surface area contributed by atoms with Gasteiger partial charge in [0.2, 0.25) is 0 Å². The van der Waals surface area contributed by atoms with Crippen molar-refractivity contribution >= 4 is 7.82 Å². The number of allylic oxidation sites excluding steroid dienone is 1. The van der Waals surface area contributed by atoms with Crippen LogP contribution in [0.5, 0.6) is 0 Å². The first-order chi connectivity index (χ1) is 27.1. The predicted molar refractivity (Wildman–Crippen MR) is 242 cm³/mol. The Morgan fingerprint density at radius 2 is 0.839 bits per heavy atom. The first kappa shape index (κ1) is 55.7. The van der Waals surface area contributed by atoms with Crippen LogP contribution in [0.25, 0.3) is 0 Å². The molecule has 0 aromatic heterocycles. The van der Waals surface area contributed by atoms with Crippen molar-refractivity contribution in [2.24, 2.45) is 0 Å². The van der Waals surface area contributed by atoms with Crippen molar-refractivity contribution in [2.75, 3.05) is 47.5 Å². The number of unbranched alkanes of at least 4 members (excludes halogenated alkanes) is 33. The number of hydrogen-bond donors (Lipinski definition) is 2. The average molecular weight is 817 g/mol. The molecule has 2 N–H and O–H groups in total. The summed E-state index contributed by atoms with van der Waals surface area (Å²) in [4.78, 5) is 10.3. The van der Waals surface area contributed by atoms with Gasteiger partial charge in [-0.1, -0.05) is 231 Å². The molecule has 0 bridgehead atoms. The van der Waals surface area contributed by atoms with Gasteiger partial charge in [-0.15, -0.1) is 0 Å². The van der Waals surface area contributed by atoms with Crippen molar-refractivity contribution in [1.29, 1.82) is 0 Å². The molecule has 0 heterocycles. The molecule has 0 amide bonds. The van der Waals surface area contributed by atoms with E-state index in [9.17, 15) is 14.6 Å². The number of quaternary nitrogens is 1. The first-order valence-electron chi connectivity index (χ1n) is 24.5. The lowest BCUT2D eigenvalue weighted by atomic mass is 10.0. The third-order valence-electron chi connectivity index (χ3n) is 11.2. The molecule has 336 valence electrons. The van der Waals surface area contributed by atoms with E-state index >= 15 is 0 Å². The van der Waals surface area contributed by atoms with Gasteiger partial charge in [-0.05, 0) is 19.3 Å². The molecule has 3 atom stereocenters. The number of hydrogen-bond acceptors (Lipinski definition) is 5. The van der Waals surface area contributed by atoms with Gasteiger partial charge >= 0.3 is 7.82 Å². The van der Waals surface area contributed by atoms with Gasteiger partial charge in [0.15, 0.2) is 0 Å². The molecule has 8 heteroatoms. The van der Waals surface area contributed by atoms with E-state index in [1.807, 2.05) is 27.2 Å². The maximum atomic E-state index is 12.5. The highest BCUT2D eigenvalue weighted by Crippen LogP contribution is 2.43.